The Kier molecular flexibility index (Phi) is 10.2. The van der Waals surface area contributed by atoms with Gasteiger partial charge in [-0.25, -0.2) is 0 Å². The van der Waals surface area contributed by atoms with E-state index in [0.29, 0.717) is 33.8 Å². The Morgan fingerprint density at radius 3 is 2.42 bits per heavy atom. The number of hydrogen-bond donors (Lipinski definition) is 0. The Morgan fingerprint density at radius 2 is 1.83 bits per heavy atom. The van der Waals surface area contributed by atoms with Crippen LogP contribution < -0.4 is 10.5 Å². The summed E-state index contributed by atoms with van der Waals surface area (Å²) in [7, 11) is 2.09. The Bertz CT molecular complexity index is 1110. The van der Waals surface area contributed by atoms with Crippen molar-refractivity contribution in [2.45, 2.75) is 66.3 Å². The molecular formula is C27H39N5O2S2. The van der Waals surface area contributed by atoms with Crippen LogP contribution in [0.15, 0.2) is 9.70 Å². The molecule has 196 valence electrons. The van der Waals surface area contributed by atoms with Crippen LogP contribution in [0, 0.1) is 24.2 Å². The normalized spacial score (nSPS) is 18.8. The van der Waals surface area contributed by atoms with Crippen LogP contribution in [0.1, 0.15) is 69.6 Å². The van der Waals surface area contributed by atoms with Crippen LogP contribution in [0.25, 0.3) is 6.08 Å². The minimum Gasteiger partial charge on any atom is -0.355 e. The Balaban J connectivity index is 2.08. The first-order chi connectivity index (χ1) is 17.3. The van der Waals surface area contributed by atoms with E-state index in [1.54, 1.807) is 9.47 Å². The van der Waals surface area contributed by atoms with Crippen LogP contribution >= 0.6 is 24.0 Å². The van der Waals surface area contributed by atoms with E-state index < -0.39 is 0 Å². The SMILES string of the molecule is CCCCC(CC)CN1C(=O)C(=Cc2c(C)c(C#N)c(=O)n(CCC)c2N2CCN(C)CC2)SC1=S. The average molecular weight is 530 g/mol. The molecule has 2 aliphatic heterocycles. The number of nitrogens with zero attached hydrogens (tertiary/aromatic N) is 5. The van der Waals surface area contributed by atoms with Crippen LogP contribution in [-0.4, -0.2) is 64.4 Å². The third-order valence-corrected chi connectivity index (χ3v) is 8.61. The zero-order valence-corrected chi connectivity index (χ0v) is 23.9. The van der Waals surface area contributed by atoms with Gasteiger partial charge in [0.25, 0.3) is 11.5 Å². The van der Waals surface area contributed by atoms with Crippen molar-refractivity contribution in [3.05, 3.63) is 31.9 Å². The molecule has 1 atom stereocenters. The van der Waals surface area contributed by atoms with Crippen LogP contribution in [0.3, 0.4) is 0 Å². The predicted molar refractivity (Wildman–Crippen MR) is 153 cm³/mol. The second kappa shape index (κ2) is 12.9. The summed E-state index contributed by atoms with van der Waals surface area (Å²) in [6, 6.07) is 2.13. The number of nitriles is 1. The third kappa shape index (κ3) is 6.04. The van der Waals surface area contributed by atoms with Gasteiger partial charge in [-0.1, -0.05) is 64.0 Å². The van der Waals surface area contributed by atoms with E-state index >= 15 is 0 Å². The molecule has 1 aromatic heterocycles. The molecule has 3 rings (SSSR count). The highest BCUT2D eigenvalue weighted by Gasteiger charge is 2.34. The first kappa shape index (κ1) is 28.4. The van der Waals surface area contributed by atoms with Crippen molar-refractivity contribution in [1.82, 2.24) is 14.4 Å². The van der Waals surface area contributed by atoms with Gasteiger partial charge in [-0.3, -0.25) is 19.1 Å². The van der Waals surface area contributed by atoms with Gasteiger partial charge in [-0.15, -0.1) is 0 Å². The quantitative estimate of drug-likeness (QED) is 0.324. The number of anilines is 1. The topological polar surface area (TPSA) is 72.6 Å². The van der Waals surface area contributed by atoms with Gasteiger partial charge in [0.15, 0.2) is 0 Å². The van der Waals surface area contributed by atoms with Gasteiger partial charge in [0.1, 0.15) is 21.8 Å². The maximum Gasteiger partial charge on any atom is 0.270 e. The molecule has 1 aromatic rings. The number of pyridine rings is 1. The van der Waals surface area contributed by atoms with E-state index in [-0.39, 0.29) is 17.0 Å². The molecule has 0 aromatic carbocycles. The molecule has 0 radical (unpaired) electrons. The number of unbranched alkanes of at least 4 members (excludes halogenated alkanes) is 1. The van der Waals surface area contributed by atoms with Crippen molar-refractivity contribution in [3.63, 3.8) is 0 Å². The molecular weight excluding hydrogens is 490 g/mol. The molecule has 7 nitrogen and oxygen atoms in total. The average Bonchev–Trinajstić information content (AvgIpc) is 3.12. The number of thiocarbonyl (C=S) groups is 1. The Labute approximate surface area is 225 Å². The molecule has 0 aliphatic carbocycles. The molecule has 3 heterocycles. The smallest absolute Gasteiger partial charge is 0.270 e. The fraction of sp³-hybridized carbons (Fsp3) is 0.630. The maximum atomic E-state index is 13.5. The minimum atomic E-state index is -0.253. The van der Waals surface area contributed by atoms with Crippen LogP contribution in [0.4, 0.5) is 5.82 Å². The van der Waals surface area contributed by atoms with Crippen LogP contribution in [0.5, 0.6) is 0 Å². The fourth-order valence-electron chi connectivity index (χ4n) is 4.90. The van der Waals surface area contributed by atoms with Crippen LogP contribution in [0.2, 0.25) is 0 Å². The van der Waals surface area contributed by atoms with Gasteiger partial charge < -0.3 is 9.80 Å². The Morgan fingerprint density at radius 1 is 1.14 bits per heavy atom. The number of likely N-dealkylation sites (N-methyl/N-ethyl adjacent to an activating group) is 1. The van der Waals surface area contributed by atoms with Gasteiger partial charge >= 0.3 is 0 Å². The summed E-state index contributed by atoms with van der Waals surface area (Å²) in [6.07, 6.45) is 7.03. The summed E-state index contributed by atoms with van der Waals surface area (Å²) in [4.78, 5) is 33.6. The lowest BCUT2D eigenvalue weighted by Crippen LogP contribution is -2.47. The highest BCUT2D eigenvalue weighted by molar-refractivity contribution is 8.26. The molecule has 2 aliphatic rings. The highest BCUT2D eigenvalue weighted by atomic mass is 32.2. The highest BCUT2D eigenvalue weighted by Crippen LogP contribution is 2.37. The Hall–Kier alpha value is -2.15. The van der Waals surface area contributed by atoms with E-state index in [0.717, 1.165) is 69.7 Å². The largest absolute Gasteiger partial charge is 0.355 e. The van der Waals surface area contributed by atoms with Crippen molar-refractivity contribution < 1.29 is 4.79 Å². The van der Waals surface area contributed by atoms with Crippen LogP contribution in [-0.2, 0) is 11.3 Å². The lowest BCUT2D eigenvalue weighted by molar-refractivity contribution is -0.122. The molecule has 2 saturated heterocycles. The standard InChI is InChI=1S/C27H39N5O2S2/c1-6-9-10-20(8-3)18-32-26(34)23(36-27(32)35)16-21-19(4)22(17-28)25(33)31(11-7-2)24(21)30-14-12-29(5)13-15-30/h16,20H,6-15,18H2,1-5H3. The number of rotatable bonds is 10. The molecule has 1 unspecified atom stereocenters. The number of carbonyl (C=O) groups is 1. The third-order valence-electron chi connectivity index (χ3n) is 7.23. The van der Waals surface area contributed by atoms with Crippen molar-refractivity contribution in [2.24, 2.45) is 5.92 Å². The van der Waals surface area contributed by atoms with E-state index in [1.807, 2.05) is 19.9 Å². The number of thioether (sulfide) groups is 1. The predicted octanol–water partition coefficient (Wildman–Crippen LogP) is 4.61. The maximum absolute atomic E-state index is 13.5. The monoisotopic (exact) mass is 529 g/mol. The lowest BCUT2D eigenvalue weighted by atomic mass is 9.99. The van der Waals surface area contributed by atoms with Gasteiger partial charge in [0.2, 0.25) is 0 Å². The molecule has 0 saturated carbocycles. The van der Waals surface area contributed by atoms with E-state index in [1.165, 1.54) is 11.8 Å². The summed E-state index contributed by atoms with van der Waals surface area (Å²) in [5.41, 5.74) is 1.30. The molecule has 9 heteroatoms. The first-order valence-electron chi connectivity index (χ1n) is 13.1. The van der Waals surface area contributed by atoms with Gasteiger partial charge in [0.05, 0.1) is 4.91 Å². The number of carbonyl (C=O) groups excluding carboxylic acids is 1. The fourth-order valence-corrected chi connectivity index (χ4v) is 6.15. The number of amides is 1. The molecule has 36 heavy (non-hydrogen) atoms. The number of piperazine rings is 1. The molecule has 1 amide bonds. The summed E-state index contributed by atoms with van der Waals surface area (Å²) in [6.45, 7) is 12.7. The number of aromatic nitrogens is 1. The minimum absolute atomic E-state index is 0.0737. The van der Waals surface area contributed by atoms with Gasteiger partial charge in [0, 0.05) is 44.8 Å². The number of hydrogen-bond acceptors (Lipinski definition) is 7. The molecule has 0 N–H and O–H groups in total. The van der Waals surface area contributed by atoms with Gasteiger partial charge in [-0.05, 0) is 44.4 Å². The van der Waals surface area contributed by atoms with Crippen molar-refractivity contribution in [2.75, 3.05) is 44.7 Å². The molecule has 2 fully saturated rings. The van der Waals surface area contributed by atoms with Crippen molar-refractivity contribution in [3.8, 4) is 6.07 Å². The zero-order chi connectivity index (χ0) is 26.4. The van der Waals surface area contributed by atoms with E-state index in [9.17, 15) is 14.9 Å². The van der Waals surface area contributed by atoms with E-state index in [2.05, 4.69) is 36.8 Å². The van der Waals surface area contributed by atoms with E-state index in [4.69, 9.17) is 12.2 Å². The second-order valence-corrected chi connectivity index (χ2v) is 11.5. The summed E-state index contributed by atoms with van der Waals surface area (Å²) in [5.74, 6) is 1.16. The summed E-state index contributed by atoms with van der Waals surface area (Å²) in [5, 5.41) is 9.84. The second-order valence-electron chi connectivity index (χ2n) is 9.81. The summed E-state index contributed by atoms with van der Waals surface area (Å²) < 4.78 is 2.32. The first-order valence-corrected chi connectivity index (χ1v) is 14.4. The molecule has 0 spiro atoms. The molecule has 0 bridgehead atoms. The summed E-state index contributed by atoms with van der Waals surface area (Å²) >= 11 is 6.96. The zero-order valence-electron chi connectivity index (χ0n) is 22.3. The van der Waals surface area contributed by atoms with Gasteiger partial charge in [-0.2, -0.15) is 5.26 Å². The van der Waals surface area contributed by atoms with Crippen molar-refractivity contribution >= 4 is 46.1 Å². The van der Waals surface area contributed by atoms with Crippen molar-refractivity contribution in [1.29, 1.82) is 5.26 Å². The lowest BCUT2D eigenvalue weighted by Gasteiger charge is -2.36.